The predicted octanol–water partition coefficient (Wildman–Crippen LogP) is 7.12. The second-order valence-corrected chi connectivity index (χ2v) is 9.40. The Morgan fingerprint density at radius 1 is 1.09 bits per heavy atom. The van der Waals surface area contributed by atoms with Gasteiger partial charge in [-0.3, -0.25) is 4.79 Å². The third-order valence-corrected chi connectivity index (χ3v) is 6.54. The lowest BCUT2D eigenvalue weighted by Crippen LogP contribution is -2.29. The van der Waals surface area contributed by atoms with Crippen LogP contribution in [0.1, 0.15) is 54.3 Å². The first-order chi connectivity index (χ1) is 16.8. The van der Waals surface area contributed by atoms with Crippen molar-refractivity contribution >= 4 is 32.8 Å². The number of nitrogens with one attached hydrogen (secondary N) is 1. The summed E-state index contributed by atoms with van der Waals surface area (Å²) in [6.45, 7) is 15.6. The molecule has 1 amide bonds. The lowest BCUT2D eigenvalue weighted by atomic mass is 10.1. The van der Waals surface area contributed by atoms with Crippen LogP contribution in [0.4, 0.5) is 0 Å². The number of carbonyl (C=O) groups is 1. The summed E-state index contributed by atoms with van der Waals surface area (Å²) in [6.07, 6.45) is 3.82. The van der Waals surface area contributed by atoms with E-state index in [0.29, 0.717) is 22.0 Å². The van der Waals surface area contributed by atoms with Crippen molar-refractivity contribution in [1.29, 1.82) is 0 Å². The molecule has 0 saturated carbocycles. The molecule has 0 bridgehead atoms. The van der Waals surface area contributed by atoms with E-state index < -0.39 is 15.9 Å². The molecule has 0 radical (unpaired) electrons. The fraction of sp³-hybridized carbons (Fsp3) is 0.222. The molecule has 8 heteroatoms. The zero-order chi connectivity index (χ0) is 26.4. The topological polar surface area (TPSA) is 85.6 Å². The summed E-state index contributed by atoms with van der Waals surface area (Å²) in [6, 6.07) is 14.6. The van der Waals surface area contributed by atoms with Crippen molar-refractivity contribution in [3.05, 3.63) is 107 Å². The summed E-state index contributed by atoms with van der Waals surface area (Å²) >= 11 is 1.15. The molecule has 2 aromatic heterocycles. The van der Waals surface area contributed by atoms with Crippen LogP contribution in [0.2, 0.25) is 0 Å². The minimum Gasteiger partial charge on any atom is -0.493 e. The number of amides is 1. The van der Waals surface area contributed by atoms with Crippen LogP contribution in [0.5, 0.6) is 0 Å². The molecule has 3 rings (SSSR count). The lowest BCUT2D eigenvalue weighted by Gasteiger charge is -2.05. The molecule has 35 heavy (non-hydrogen) atoms. The van der Waals surface area contributed by atoms with Gasteiger partial charge >= 0.3 is 0 Å². The molecule has 1 N–H and O–H groups in total. The monoisotopic (exact) mass is 515 g/mol. The van der Waals surface area contributed by atoms with Crippen LogP contribution in [0.3, 0.4) is 0 Å². The first-order valence-electron chi connectivity index (χ1n) is 11.0. The molecule has 3 aromatic rings. The second-order valence-electron chi connectivity index (χ2n) is 6.84. The average molecular weight is 516 g/mol. The highest BCUT2D eigenvalue weighted by molar-refractivity contribution is 7.90. The van der Waals surface area contributed by atoms with Gasteiger partial charge in [-0.1, -0.05) is 56.3 Å². The number of rotatable bonds is 8. The standard InChI is InChI=1S/C23H23NO5S2.C2H6.C2H4/c1-16(19-8-5-4-6-9-19)11-12-17(2)28-15-20-14-22(29-18(20)3)31(26,27)24-23(25)21-10-7-13-30-21;2*1-2/h4-14H,15H2,1-3H3,(H,24,25);1-2H3;1-2H2/b16-11+,17-12+;;. The molecule has 0 spiro atoms. The van der Waals surface area contributed by atoms with Crippen LogP contribution in [-0.4, -0.2) is 14.3 Å². The number of carbonyl (C=O) groups excluding carboxylic acids is 1. The normalized spacial score (nSPS) is 11.5. The number of sulfonamides is 1. The molecule has 0 unspecified atom stereocenters. The molecule has 0 atom stereocenters. The summed E-state index contributed by atoms with van der Waals surface area (Å²) in [7, 11) is -4.12. The van der Waals surface area contributed by atoms with Gasteiger partial charge in [0.15, 0.2) is 0 Å². The Balaban J connectivity index is 0.00000145. The van der Waals surface area contributed by atoms with Crippen molar-refractivity contribution in [3.8, 4) is 0 Å². The predicted molar refractivity (Wildman–Crippen MR) is 144 cm³/mol. The van der Waals surface area contributed by atoms with Crippen molar-refractivity contribution in [2.45, 2.75) is 46.3 Å². The van der Waals surface area contributed by atoms with Gasteiger partial charge in [-0.15, -0.1) is 24.5 Å². The van der Waals surface area contributed by atoms with Crippen molar-refractivity contribution in [3.63, 3.8) is 0 Å². The Morgan fingerprint density at radius 2 is 1.74 bits per heavy atom. The number of thiophene rings is 1. The SMILES string of the molecule is C/C(=C\C=C(/C)c1ccccc1)OCc1cc(S(=O)(=O)NC(=O)c2cccs2)oc1C.C=C.CC. The van der Waals surface area contributed by atoms with Crippen LogP contribution < -0.4 is 4.72 Å². The summed E-state index contributed by atoms with van der Waals surface area (Å²) in [5.41, 5.74) is 2.80. The van der Waals surface area contributed by atoms with Gasteiger partial charge in [-0.05, 0) is 49.4 Å². The quantitative estimate of drug-likeness (QED) is 0.196. The van der Waals surface area contributed by atoms with Crippen molar-refractivity contribution in [1.82, 2.24) is 4.72 Å². The molecule has 0 saturated heterocycles. The van der Waals surface area contributed by atoms with E-state index >= 15 is 0 Å². The van der Waals surface area contributed by atoms with Crippen LogP contribution >= 0.6 is 11.3 Å². The van der Waals surface area contributed by atoms with E-state index in [0.717, 1.165) is 22.5 Å². The van der Waals surface area contributed by atoms with Gasteiger partial charge in [0.2, 0.25) is 5.09 Å². The van der Waals surface area contributed by atoms with Gasteiger partial charge in [0.05, 0.1) is 10.6 Å². The minimum atomic E-state index is -4.12. The Kier molecular flexibility index (Phi) is 12.6. The Morgan fingerprint density at radius 3 is 2.34 bits per heavy atom. The number of hydrogen-bond acceptors (Lipinski definition) is 6. The molecule has 0 aliphatic heterocycles. The fourth-order valence-corrected chi connectivity index (χ4v) is 4.35. The third-order valence-electron chi connectivity index (χ3n) is 4.49. The summed E-state index contributed by atoms with van der Waals surface area (Å²) in [5.74, 6) is 0.389. The molecule has 2 heterocycles. The summed E-state index contributed by atoms with van der Waals surface area (Å²) in [4.78, 5) is 12.4. The maximum Gasteiger partial charge on any atom is 0.297 e. The van der Waals surface area contributed by atoms with Crippen LogP contribution in [0.15, 0.2) is 94.5 Å². The highest BCUT2D eigenvalue weighted by atomic mass is 32.2. The number of hydrogen-bond donors (Lipinski definition) is 1. The number of benzene rings is 1. The molecule has 0 fully saturated rings. The lowest BCUT2D eigenvalue weighted by molar-refractivity contribution is 0.0984. The number of allylic oxidation sites excluding steroid dienone is 4. The highest BCUT2D eigenvalue weighted by Crippen LogP contribution is 2.22. The van der Waals surface area contributed by atoms with E-state index in [4.69, 9.17) is 9.15 Å². The van der Waals surface area contributed by atoms with Crippen molar-refractivity contribution < 1.29 is 22.4 Å². The second kappa shape index (κ2) is 14.8. The van der Waals surface area contributed by atoms with E-state index in [9.17, 15) is 13.2 Å². The van der Waals surface area contributed by atoms with Crippen molar-refractivity contribution in [2.75, 3.05) is 0 Å². The number of aryl methyl sites for hydroxylation is 1. The maximum absolute atomic E-state index is 12.5. The first-order valence-corrected chi connectivity index (χ1v) is 13.4. The van der Waals surface area contributed by atoms with Gasteiger partial charge in [0, 0.05) is 11.6 Å². The van der Waals surface area contributed by atoms with E-state index in [2.05, 4.69) is 13.2 Å². The van der Waals surface area contributed by atoms with Crippen LogP contribution in [-0.2, 0) is 21.4 Å². The largest absolute Gasteiger partial charge is 0.493 e. The van der Waals surface area contributed by atoms with Crippen LogP contribution in [0.25, 0.3) is 5.57 Å². The highest BCUT2D eigenvalue weighted by Gasteiger charge is 2.24. The van der Waals surface area contributed by atoms with E-state index in [1.54, 1.807) is 24.4 Å². The number of ether oxygens (including phenoxy) is 1. The summed E-state index contributed by atoms with van der Waals surface area (Å²) < 4.78 is 38.1. The summed E-state index contributed by atoms with van der Waals surface area (Å²) in [5, 5.41) is 1.37. The maximum atomic E-state index is 12.5. The molecule has 6 nitrogen and oxygen atoms in total. The molecular weight excluding hydrogens is 482 g/mol. The Hall–Kier alpha value is -3.36. The molecule has 0 aliphatic carbocycles. The molecule has 188 valence electrons. The third kappa shape index (κ3) is 9.07. The molecular formula is C27H33NO5S2. The fourth-order valence-electron chi connectivity index (χ4n) is 2.68. The minimum absolute atomic E-state index is 0.143. The van der Waals surface area contributed by atoms with Gasteiger partial charge in [0.1, 0.15) is 12.4 Å². The average Bonchev–Trinajstić information content (AvgIpc) is 3.55. The molecule has 0 aliphatic rings. The molecule has 1 aromatic carbocycles. The Labute approximate surface area is 212 Å². The zero-order valence-electron chi connectivity index (χ0n) is 20.8. The van der Waals surface area contributed by atoms with E-state index in [1.807, 2.05) is 74.9 Å². The number of furan rings is 1. The Bertz CT molecular complexity index is 1220. The van der Waals surface area contributed by atoms with Gasteiger partial charge < -0.3 is 9.15 Å². The van der Waals surface area contributed by atoms with Gasteiger partial charge in [-0.25, -0.2) is 4.72 Å². The van der Waals surface area contributed by atoms with Crippen molar-refractivity contribution in [2.24, 2.45) is 0 Å². The van der Waals surface area contributed by atoms with Crippen LogP contribution in [0, 0.1) is 6.92 Å². The van der Waals surface area contributed by atoms with E-state index in [-0.39, 0.29) is 11.7 Å². The van der Waals surface area contributed by atoms with Gasteiger partial charge in [-0.2, -0.15) is 8.42 Å². The first kappa shape index (κ1) is 29.7. The van der Waals surface area contributed by atoms with Gasteiger partial charge in [0.25, 0.3) is 15.9 Å². The zero-order valence-corrected chi connectivity index (χ0v) is 22.5. The smallest absolute Gasteiger partial charge is 0.297 e. The van der Waals surface area contributed by atoms with E-state index in [1.165, 1.54) is 6.07 Å².